The molecule has 0 spiro atoms. The lowest BCUT2D eigenvalue weighted by molar-refractivity contribution is -0.139. The number of anilines is 2. The van der Waals surface area contributed by atoms with Crippen LogP contribution < -0.4 is 5.32 Å². The molecule has 1 N–H and O–H groups in total. The van der Waals surface area contributed by atoms with Crippen LogP contribution in [-0.2, 0) is 6.18 Å². The van der Waals surface area contributed by atoms with Crippen LogP contribution in [0.4, 0.5) is 28.9 Å². The standard InChI is InChI=1S/C13H7F4N3/c14-12-2-1-8(6-11(12)13(15,16)17)20-9-3-4-19-10(5-9)7-18/h1-6H,(H,19,20). The number of pyridine rings is 1. The average molecular weight is 281 g/mol. The minimum absolute atomic E-state index is 0.0637. The minimum Gasteiger partial charge on any atom is -0.355 e. The third-order valence-electron chi connectivity index (χ3n) is 2.43. The van der Waals surface area contributed by atoms with Crippen molar-refractivity contribution in [3.05, 3.63) is 53.6 Å². The predicted molar refractivity (Wildman–Crippen MR) is 63.6 cm³/mol. The summed E-state index contributed by atoms with van der Waals surface area (Å²) >= 11 is 0. The van der Waals surface area contributed by atoms with Gasteiger partial charge in [-0.25, -0.2) is 9.37 Å². The summed E-state index contributed by atoms with van der Waals surface area (Å²) in [4.78, 5) is 3.73. The molecule has 1 aromatic carbocycles. The lowest BCUT2D eigenvalue weighted by atomic mass is 10.1. The normalized spacial score (nSPS) is 10.9. The van der Waals surface area contributed by atoms with Gasteiger partial charge in [-0.3, -0.25) is 0 Å². The van der Waals surface area contributed by atoms with E-state index in [0.717, 1.165) is 6.07 Å². The van der Waals surface area contributed by atoms with E-state index in [4.69, 9.17) is 5.26 Å². The molecule has 0 fully saturated rings. The first-order valence-corrected chi connectivity index (χ1v) is 5.40. The fraction of sp³-hybridized carbons (Fsp3) is 0.0769. The zero-order valence-corrected chi connectivity index (χ0v) is 9.87. The second-order valence-corrected chi connectivity index (χ2v) is 3.86. The van der Waals surface area contributed by atoms with Crippen molar-refractivity contribution < 1.29 is 17.6 Å². The molecule has 0 aliphatic heterocycles. The van der Waals surface area contributed by atoms with Gasteiger partial charge in [0.05, 0.1) is 5.56 Å². The molecular formula is C13H7F4N3. The number of alkyl halides is 3. The Morgan fingerprint density at radius 3 is 2.45 bits per heavy atom. The highest BCUT2D eigenvalue weighted by Gasteiger charge is 2.34. The van der Waals surface area contributed by atoms with E-state index < -0.39 is 17.6 Å². The number of nitrogens with one attached hydrogen (secondary N) is 1. The first-order valence-electron chi connectivity index (χ1n) is 5.40. The molecule has 0 aliphatic rings. The largest absolute Gasteiger partial charge is 0.419 e. The van der Waals surface area contributed by atoms with Crippen LogP contribution in [0.2, 0.25) is 0 Å². The van der Waals surface area contributed by atoms with Crippen molar-refractivity contribution in [2.75, 3.05) is 5.32 Å². The predicted octanol–water partition coefficient (Wildman–Crippen LogP) is 3.85. The lowest BCUT2D eigenvalue weighted by Crippen LogP contribution is -2.08. The zero-order chi connectivity index (χ0) is 14.8. The van der Waals surface area contributed by atoms with Crippen LogP contribution in [-0.4, -0.2) is 4.98 Å². The van der Waals surface area contributed by atoms with E-state index in [1.165, 1.54) is 24.4 Å². The molecule has 3 nitrogen and oxygen atoms in total. The maximum absolute atomic E-state index is 13.1. The second kappa shape index (κ2) is 5.17. The highest BCUT2D eigenvalue weighted by Crippen LogP contribution is 2.33. The van der Waals surface area contributed by atoms with Crippen LogP contribution in [0, 0.1) is 17.1 Å². The van der Waals surface area contributed by atoms with E-state index in [-0.39, 0.29) is 11.4 Å². The van der Waals surface area contributed by atoms with Crippen LogP contribution in [0.5, 0.6) is 0 Å². The summed E-state index contributed by atoms with van der Waals surface area (Å²) in [7, 11) is 0. The molecule has 2 rings (SSSR count). The van der Waals surface area contributed by atoms with Gasteiger partial charge in [-0.2, -0.15) is 18.4 Å². The zero-order valence-electron chi connectivity index (χ0n) is 9.87. The molecule has 0 amide bonds. The second-order valence-electron chi connectivity index (χ2n) is 3.86. The van der Waals surface area contributed by atoms with Crippen molar-refractivity contribution in [3.63, 3.8) is 0 Å². The summed E-state index contributed by atoms with van der Waals surface area (Å²) in [5.74, 6) is -1.34. The highest BCUT2D eigenvalue weighted by atomic mass is 19.4. The SMILES string of the molecule is N#Cc1cc(Nc2ccc(F)c(C(F)(F)F)c2)ccn1. The van der Waals surface area contributed by atoms with Gasteiger partial charge in [0.1, 0.15) is 17.6 Å². The molecule has 20 heavy (non-hydrogen) atoms. The molecule has 7 heteroatoms. The molecule has 0 atom stereocenters. The van der Waals surface area contributed by atoms with Crippen LogP contribution in [0.1, 0.15) is 11.3 Å². The maximum Gasteiger partial charge on any atom is 0.419 e. The first kappa shape index (κ1) is 13.8. The Morgan fingerprint density at radius 2 is 1.80 bits per heavy atom. The Balaban J connectivity index is 2.33. The van der Waals surface area contributed by atoms with Crippen LogP contribution in [0.3, 0.4) is 0 Å². The van der Waals surface area contributed by atoms with Gasteiger partial charge in [0.15, 0.2) is 0 Å². The number of hydrogen-bond acceptors (Lipinski definition) is 3. The summed E-state index contributed by atoms with van der Waals surface area (Å²) in [5.41, 5.74) is -0.782. The van der Waals surface area contributed by atoms with Crippen LogP contribution in [0.15, 0.2) is 36.5 Å². The molecule has 1 aromatic heterocycles. The summed E-state index contributed by atoms with van der Waals surface area (Å²) in [6.07, 6.45) is -3.42. The topological polar surface area (TPSA) is 48.7 Å². The number of aromatic nitrogens is 1. The third kappa shape index (κ3) is 3.03. The van der Waals surface area contributed by atoms with E-state index in [2.05, 4.69) is 10.3 Å². The van der Waals surface area contributed by atoms with Crippen molar-refractivity contribution in [2.24, 2.45) is 0 Å². The van der Waals surface area contributed by atoms with Gasteiger partial charge in [-0.15, -0.1) is 0 Å². The van der Waals surface area contributed by atoms with Gasteiger partial charge >= 0.3 is 6.18 Å². The summed E-state index contributed by atoms with van der Waals surface area (Å²) in [5, 5.41) is 11.3. The molecule has 0 saturated heterocycles. The Labute approximate surface area is 111 Å². The van der Waals surface area contributed by atoms with E-state index in [0.29, 0.717) is 11.8 Å². The number of benzene rings is 1. The van der Waals surface area contributed by atoms with Crippen LogP contribution >= 0.6 is 0 Å². The monoisotopic (exact) mass is 281 g/mol. The van der Waals surface area contributed by atoms with E-state index in [1.54, 1.807) is 6.07 Å². The van der Waals surface area contributed by atoms with Gasteiger partial charge in [0, 0.05) is 17.6 Å². The van der Waals surface area contributed by atoms with Gasteiger partial charge in [0.25, 0.3) is 0 Å². The molecule has 0 saturated carbocycles. The van der Waals surface area contributed by atoms with Gasteiger partial charge < -0.3 is 5.32 Å². The Hall–Kier alpha value is -2.62. The summed E-state index contributed by atoms with van der Waals surface area (Å²) in [6, 6.07) is 7.24. The average Bonchev–Trinajstić information content (AvgIpc) is 2.40. The van der Waals surface area contributed by atoms with E-state index >= 15 is 0 Å². The number of nitrogens with zero attached hydrogens (tertiary/aromatic N) is 2. The highest BCUT2D eigenvalue weighted by molar-refractivity contribution is 5.61. The molecule has 1 heterocycles. The Kier molecular flexibility index (Phi) is 3.57. The van der Waals surface area contributed by atoms with Crippen molar-refractivity contribution in [1.82, 2.24) is 4.98 Å². The van der Waals surface area contributed by atoms with Crippen molar-refractivity contribution >= 4 is 11.4 Å². The fourth-order valence-electron chi connectivity index (χ4n) is 1.56. The Morgan fingerprint density at radius 1 is 1.10 bits per heavy atom. The molecule has 2 aromatic rings. The maximum atomic E-state index is 13.1. The van der Waals surface area contributed by atoms with E-state index in [1.807, 2.05) is 0 Å². The minimum atomic E-state index is -4.77. The number of nitriles is 1. The van der Waals surface area contributed by atoms with Crippen molar-refractivity contribution in [3.8, 4) is 6.07 Å². The van der Waals surface area contributed by atoms with Gasteiger partial charge in [-0.05, 0) is 30.3 Å². The van der Waals surface area contributed by atoms with Crippen molar-refractivity contribution in [2.45, 2.75) is 6.18 Å². The molecule has 0 radical (unpaired) electrons. The van der Waals surface area contributed by atoms with Gasteiger partial charge in [0.2, 0.25) is 0 Å². The number of hydrogen-bond donors (Lipinski definition) is 1. The fourth-order valence-corrected chi connectivity index (χ4v) is 1.56. The number of halogens is 4. The quantitative estimate of drug-likeness (QED) is 0.850. The Bertz CT molecular complexity index is 674. The third-order valence-corrected chi connectivity index (χ3v) is 2.43. The molecule has 0 aliphatic carbocycles. The van der Waals surface area contributed by atoms with Crippen LogP contribution in [0.25, 0.3) is 0 Å². The van der Waals surface area contributed by atoms with E-state index in [9.17, 15) is 17.6 Å². The molecule has 0 bridgehead atoms. The molecule has 102 valence electrons. The number of rotatable bonds is 2. The summed E-state index contributed by atoms with van der Waals surface area (Å²) < 4.78 is 50.8. The van der Waals surface area contributed by atoms with Crippen molar-refractivity contribution in [1.29, 1.82) is 5.26 Å². The smallest absolute Gasteiger partial charge is 0.355 e. The first-order chi connectivity index (χ1) is 9.40. The molecular weight excluding hydrogens is 274 g/mol. The molecule has 0 unspecified atom stereocenters. The summed E-state index contributed by atoms with van der Waals surface area (Å²) in [6.45, 7) is 0. The van der Waals surface area contributed by atoms with Gasteiger partial charge in [-0.1, -0.05) is 0 Å². The lowest BCUT2D eigenvalue weighted by Gasteiger charge is -2.11.